The molecule has 0 aromatic carbocycles. The maximum absolute atomic E-state index is 12.1. The molecule has 1 fully saturated rings. The lowest BCUT2D eigenvalue weighted by Gasteiger charge is -2.33. The Morgan fingerprint density at radius 2 is 2.22 bits per heavy atom. The van der Waals surface area contributed by atoms with Gasteiger partial charge in [0, 0.05) is 37.4 Å². The van der Waals surface area contributed by atoms with Gasteiger partial charge in [-0.3, -0.25) is 9.58 Å². The maximum atomic E-state index is 12.1. The Morgan fingerprint density at radius 1 is 1.35 bits per heavy atom. The van der Waals surface area contributed by atoms with Crippen LogP contribution in [0.25, 0.3) is 0 Å². The van der Waals surface area contributed by atoms with E-state index in [0.29, 0.717) is 6.54 Å². The fraction of sp³-hybridized carbons (Fsp3) is 0.571. The van der Waals surface area contributed by atoms with Crippen LogP contribution in [0.2, 0.25) is 0 Å². The molecule has 7 nitrogen and oxygen atoms in total. The molecule has 23 heavy (non-hydrogen) atoms. The Bertz CT molecular complexity index is 767. The molecular formula is C14H19N5O2S2. The highest BCUT2D eigenvalue weighted by Gasteiger charge is 2.36. The van der Waals surface area contributed by atoms with Crippen molar-refractivity contribution in [2.24, 2.45) is 0 Å². The maximum Gasteiger partial charge on any atom is 0.214 e. The third-order valence-corrected chi connectivity index (χ3v) is 6.96. The molecule has 0 spiro atoms. The summed E-state index contributed by atoms with van der Waals surface area (Å²) in [5, 5.41) is 7.24. The molecule has 0 bridgehead atoms. The van der Waals surface area contributed by atoms with Crippen molar-refractivity contribution >= 4 is 21.4 Å². The first-order chi connectivity index (χ1) is 11.1. The molecule has 1 N–H and O–H groups in total. The van der Waals surface area contributed by atoms with Crippen LogP contribution in [0.15, 0.2) is 23.8 Å². The molecule has 2 aromatic heterocycles. The molecule has 0 unspecified atom stereocenters. The van der Waals surface area contributed by atoms with Crippen LogP contribution in [0, 0.1) is 0 Å². The van der Waals surface area contributed by atoms with Crippen molar-refractivity contribution in [1.29, 1.82) is 0 Å². The van der Waals surface area contributed by atoms with Crippen molar-refractivity contribution in [1.82, 2.24) is 24.4 Å². The van der Waals surface area contributed by atoms with Gasteiger partial charge in [-0.25, -0.2) is 18.1 Å². The Balaban J connectivity index is 1.47. The van der Waals surface area contributed by atoms with E-state index >= 15 is 0 Å². The zero-order valence-electron chi connectivity index (χ0n) is 12.6. The van der Waals surface area contributed by atoms with Gasteiger partial charge in [0.1, 0.15) is 5.01 Å². The van der Waals surface area contributed by atoms with Crippen molar-refractivity contribution in [3.63, 3.8) is 0 Å². The van der Waals surface area contributed by atoms with Crippen LogP contribution >= 0.6 is 11.3 Å². The van der Waals surface area contributed by atoms with E-state index in [4.69, 9.17) is 0 Å². The first-order valence-electron chi connectivity index (χ1n) is 7.73. The number of nitrogens with one attached hydrogen (secondary N) is 1. The first kappa shape index (κ1) is 15.3. The summed E-state index contributed by atoms with van der Waals surface area (Å²) in [6.45, 7) is 2.75. The van der Waals surface area contributed by atoms with E-state index in [1.54, 1.807) is 17.5 Å². The monoisotopic (exact) mass is 353 g/mol. The van der Waals surface area contributed by atoms with Crippen LogP contribution in [0.1, 0.15) is 29.6 Å². The molecule has 0 amide bonds. The molecule has 3 heterocycles. The lowest BCUT2D eigenvalue weighted by atomic mass is 10.2. The summed E-state index contributed by atoms with van der Waals surface area (Å²) >= 11 is 1.64. The van der Waals surface area contributed by atoms with E-state index < -0.39 is 10.0 Å². The third kappa shape index (κ3) is 3.32. The number of nitrogens with zero attached hydrogens (tertiary/aromatic N) is 4. The Labute approximate surface area is 139 Å². The van der Waals surface area contributed by atoms with Gasteiger partial charge in [-0.05, 0) is 18.9 Å². The molecule has 0 saturated heterocycles. The molecule has 9 heteroatoms. The summed E-state index contributed by atoms with van der Waals surface area (Å²) in [5.41, 5.74) is 1.11. The van der Waals surface area contributed by atoms with Gasteiger partial charge in [0.15, 0.2) is 0 Å². The summed E-state index contributed by atoms with van der Waals surface area (Å²) in [5.74, 6) is 0. The van der Waals surface area contributed by atoms with Gasteiger partial charge in [0.25, 0.3) is 0 Å². The standard InChI is InChI=1S/C14H19N5O2S2/c20-23(21,13-1-2-13)17-7-12-9-18(10-14-15-5-6-22-14)8-11-3-4-16-19(11)12/h3-6,12-13,17H,1-2,7-10H2/t12-/m0/s1. The third-order valence-electron chi connectivity index (χ3n) is 4.28. The molecule has 1 aliphatic carbocycles. The number of hydrogen-bond acceptors (Lipinski definition) is 6. The molecule has 124 valence electrons. The highest BCUT2D eigenvalue weighted by molar-refractivity contribution is 7.90. The van der Waals surface area contributed by atoms with Crippen molar-refractivity contribution in [2.45, 2.75) is 37.2 Å². The second kappa shape index (κ2) is 5.97. The SMILES string of the molecule is O=S(=O)(NC[C@H]1CN(Cc2nccs2)Cc2ccnn21)C1CC1. The molecule has 2 aliphatic rings. The van der Waals surface area contributed by atoms with Gasteiger partial charge >= 0.3 is 0 Å². The van der Waals surface area contributed by atoms with E-state index in [-0.39, 0.29) is 11.3 Å². The predicted molar refractivity (Wildman–Crippen MR) is 87.4 cm³/mol. The molecule has 1 saturated carbocycles. The van der Waals surface area contributed by atoms with Gasteiger partial charge in [0.05, 0.1) is 23.5 Å². The van der Waals surface area contributed by atoms with Crippen LogP contribution in [0.4, 0.5) is 0 Å². The van der Waals surface area contributed by atoms with Gasteiger partial charge in [0.2, 0.25) is 10.0 Å². The smallest absolute Gasteiger partial charge is 0.214 e. The summed E-state index contributed by atoms with van der Waals surface area (Å²) in [7, 11) is -3.16. The quantitative estimate of drug-likeness (QED) is 0.837. The largest absolute Gasteiger partial charge is 0.289 e. The zero-order chi connectivity index (χ0) is 15.9. The molecule has 4 rings (SSSR count). The van der Waals surface area contributed by atoms with Crippen LogP contribution in [0.3, 0.4) is 0 Å². The Kier molecular flexibility index (Phi) is 3.96. The van der Waals surface area contributed by atoms with E-state index in [1.807, 2.05) is 22.3 Å². The minimum Gasteiger partial charge on any atom is -0.289 e. The normalized spacial score (nSPS) is 22.2. The number of sulfonamides is 1. The van der Waals surface area contributed by atoms with Crippen LogP contribution in [-0.4, -0.2) is 46.4 Å². The first-order valence-corrected chi connectivity index (χ1v) is 10.2. The van der Waals surface area contributed by atoms with E-state index in [1.165, 1.54) is 0 Å². The van der Waals surface area contributed by atoms with Crippen LogP contribution in [0.5, 0.6) is 0 Å². The summed E-state index contributed by atoms with van der Waals surface area (Å²) < 4.78 is 28.8. The molecular weight excluding hydrogens is 334 g/mol. The van der Waals surface area contributed by atoms with E-state index in [9.17, 15) is 8.42 Å². The molecule has 1 aliphatic heterocycles. The minimum absolute atomic E-state index is 0.0160. The summed E-state index contributed by atoms with van der Waals surface area (Å²) in [6, 6.07) is 2.01. The number of hydrogen-bond donors (Lipinski definition) is 1. The fourth-order valence-corrected chi connectivity index (χ4v) is 5.04. The highest BCUT2D eigenvalue weighted by Crippen LogP contribution is 2.28. The van der Waals surface area contributed by atoms with Crippen molar-refractivity contribution in [3.8, 4) is 0 Å². The zero-order valence-corrected chi connectivity index (χ0v) is 14.3. The number of thiazole rings is 1. The lowest BCUT2D eigenvalue weighted by molar-refractivity contribution is 0.168. The molecule has 0 radical (unpaired) electrons. The van der Waals surface area contributed by atoms with Crippen molar-refractivity contribution in [3.05, 3.63) is 34.5 Å². The topological polar surface area (TPSA) is 80.1 Å². The summed E-state index contributed by atoms with van der Waals surface area (Å²) in [4.78, 5) is 6.64. The van der Waals surface area contributed by atoms with E-state index in [2.05, 4.69) is 19.7 Å². The van der Waals surface area contributed by atoms with Gasteiger partial charge < -0.3 is 0 Å². The highest BCUT2D eigenvalue weighted by atomic mass is 32.2. The predicted octanol–water partition coefficient (Wildman–Crippen LogP) is 0.978. The lowest BCUT2D eigenvalue weighted by Crippen LogP contribution is -2.43. The van der Waals surface area contributed by atoms with Crippen LogP contribution in [-0.2, 0) is 23.1 Å². The number of fused-ring (bicyclic) bond motifs is 1. The van der Waals surface area contributed by atoms with Gasteiger partial charge in [-0.15, -0.1) is 11.3 Å². The fourth-order valence-electron chi connectivity index (χ4n) is 2.97. The van der Waals surface area contributed by atoms with E-state index in [0.717, 1.165) is 43.2 Å². The summed E-state index contributed by atoms with van der Waals surface area (Å²) in [6.07, 6.45) is 5.16. The molecule has 2 aromatic rings. The Hall–Kier alpha value is -1.29. The minimum atomic E-state index is -3.16. The second-order valence-corrected chi connectivity index (χ2v) is 9.13. The van der Waals surface area contributed by atoms with Crippen molar-refractivity contribution < 1.29 is 8.42 Å². The second-order valence-electron chi connectivity index (χ2n) is 6.11. The van der Waals surface area contributed by atoms with Gasteiger partial charge in [-0.1, -0.05) is 0 Å². The number of rotatable bonds is 6. The van der Waals surface area contributed by atoms with Crippen LogP contribution < -0.4 is 4.72 Å². The van der Waals surface area contributed by atoms with Gasteiger partial charge in [-0.2, -0.15) is 5.10 Å². The average Bonchev–Trinajstić information content (AvgIpc) is 3.08. The average molecular weight is 353 g/mol. The Morgan fingerprint density at radius 3 is 2.96 bits per heavy atom. The van der Waals surface area contributed by atoms with Crippen molar-refractivity contribution in [2.75, 3.05) is 13.1 Å². The number of aromatic nitrogens is 3. The molecule has 1 atom stereocenters.